The number of aromatic nitrogens is 3. The van der Waals surface area contributed by atoms with Crippen LogP contribution in [0.2, 0.25) is 5.28 Å². The molecule has 0 fully saturated rings. The quantitative estimate of drug-likeness (QED) is 0.0336. The Labute approximate surface area is 428 Å². The van der Waals surface area contributed by atoms with Crippen molar-refractivity contribution < 1.29 is 77.5 Å². The maximum atomic E-state index is 12.8. The van der Waals surface area contributed by atoms with Crippen LogP contribution in [0.25, 0.3) is 32.3 Å². The van der Waals surface area contributed by atoms with Crippen LogP contribution in [-0.4, -0.2) is 101 Å². The number of hydrogen-bond acceptors (Lipinski definition) is 22. The normalized spacial score (nSPS) is 13.1. The van der Waals surface area contributed by atoms with Crippen molar-refractivity contribution in [1.82, 2.24) is 15.0 Å². The monoisotopic (exact) mass is 1160 g/mol. The van der Waals surface area contributed by atoms with Crippen molar-refractivity contribution in [1.29, 1.82) is 0 Å². The van der Waals surface area contributed by atoms with E-state index in [1.165, 1.54) is 66.7 Å². The van der Waals surface area contributed by atoms with E-state index < -0.39 is 97.9 Å². The average Bonchev–Trinajstić information content (AvgIpc) is 3.31. The Balaban J connectivity index is 1.16. The number of azo groups is 2. The first-order valence-corrected chi connectivity index (χ1v) is 29.4. The highest BCUT2D eigenvalue weighted by atomic mass is 35.5. The molecule has 0 bridgehead atoms. The third-order valence-corrected chi connectivity index (χ3v) is 16.2. The highest BCUT2D eigenvalue weighted by molar-refractivity contribution is 7.91. The molecule has 8 rings (SSSR count). The summed E-state index contributed by atoms with van der Waals surface area (Å²) in [6.07, 6.45) is 0. The fraction of sp³-hybridized carbons (Fsp3) is 0.0488. The molecule has 0 saturated carbocycles. The first-order valence-electron chi connectivity index (χ1n) is 20.3. The van der Waals surface area contributed by atoms with Gasteiger partial charge in [-0.05, 0) is 90.5 Å². The van der Waals surface area contributed by atoms with Gasteiger partial charge in [-0.3, -0.25) is 22.8 Å². The lowest BCUT2D eigenvalue weighted by molar-refractivity contribution is 0.284. The summed E-state index contributed by atoms with van der Waals surface area (Å²) in [4.78, 5) is 9.21. The van der Waals surface area contributed by atoms with Crippen LogP contribution in [0, 0.1) is 0 Å². The molecule has 0 unspecified atom stereocenters. The van der Waals surface area contributed by atoms with Crippen LogP contribution in [-0.2, 0) is 64.9 Å². The van der Waals surface area contributed by atoms with Gasteiger partial charge in [0, 0.05) is 38.0 Å². The predicted molar refractivity (Wildman–Crippen MR) is 267 cm³/mol. The first kappa shape index (κ1) is 54.2. The molecule has 390 valence electrons. The number of benzene rings is 7. The van der Waals surface area contributed by atoms with Gasteiger partial charge in [0.15, 0.2) is 9.84 Å². The zero-order valence-electron chi connectivity index (χ0n) is 36.9. The zero-order chi connectivity index (χ0) is 54.5. The van der Waals surface area contributed by atoms with E-state index in [4.69, 9.17) is 16.2 Å². The maximum Gasteiger partial charge on any atom is 0.397 e. The fourth-order valence-corrected chi connectivity index (χ4v) is 11.6. The van der Waals surface area contributed by atoms with Crippen LogP contribution in [0.15, 0.2) is 160 Å². The number of rotatable bonds is 17. The lowest BCUT2D eigenvalue weighted by Gasteiger charge is -2.14. The number of hydrogen-bond donors (Lipinski definition) is 7. The molecule has 0 amide bonds. The summed E-state index contributed by atoms with van der Waals surface area (Å²) >= 11 is 6.22. The van der Waals surface area contributed by atoms with Crippen LogP contribution >= 0.6 is 11.6 Å². The Kier molecular flexibility index (Phi) is 14.6. The topological polar surface area (TPSA) is 427 Å². The third-order valence-electron chi connectivity index (χ3n) is 10.4. The van der Waals surface area contributed by atoms with Crippen molar-refractivity contribution in [3.8, 4) is 0 Å². The van der Waals surface area contributed by atoms with Crippen molar-refractivity contribution in [2.75, 3.05) is 23.0 Å². The molecule has 0 radical (unpaired) electrons. The van der Waals surface area contributed by atoms with E-state index in [0.717, 1.165) is 48.5 Å². The minimum Gasteiger partial charge on any atom is -0.324 e. The van der Waals surface area contributed by atoms with Gasteiger partial charge in [0.2, 0.25) is 17.2 Å². The molecule has 1 aromatic heterocycles. The molecule has 0 aliphatic heterocycles. The fourth-order valence-electron chi connectivity index (χ4n) is 7.27. The SMILES string of the molecule is O=S(=O)(O)OCCS(=O)(=O)c1cccc(Nc2nc(Cl)nc(Nc3ccc(/N=N/c4ccc(/N=N/c5cc(S(=O)(=O)O)c6cccc(S(=O)(=O)O)c6c5)c5ccc(S(=O)(=O)O)cc45)c4cccc(S(=O)(=O)O)c34)n2)c1. The zero-order valence-corrected chi connectivity index (χ0v) is 42.5. The van der Waals surface area contributed by atoms with Crippen LogP contribution in [0.5, 0.6) is 0 Å². The number of anilines is 4. The van der Waals surface area contributed by atoms with Crippen molar-refractivity contribution in [2.45, 2.75) is 24.5 Å². The molecule has 34 heteroatoms. The largest absolute Gasteiger partial charge is 0.397 e. The van der Waals surface area contributed by atoms with Gasteiger partial charge in [-0.2, -0.15) is 62.2 Å². The van der Waals surface area contributed by atoms with Gasteiger partial charge in [0.05, 0.1) is 50.6 Å². The average molecular weight is 1160 g/mol. The summed E-state index contributed by atoms with van der Waals surface area (Å²) in [5.74, 6) is -1.41. The van der Waals surface area contributed by atoms with E-state index >= 15 is 0 Å². The minimum atomic E-state index is -5.02. The molecule has 0 saturated heterocycles. The maximum absolute atomic E-state index is 12.8. The predicted octanol–water partition coefficient (Wildman–Crippen LogP) is 7.88. The Morgan fingerprint density at radius 3 is 1.69 bits per heavy atom. The summed E-state index contributed by atoms with van der Waals surface area (Å²) in [6, 6.07) is 22.6. The van der Waals surface area contributed by atoms with Crippen molar-refractivity contribution in [3.63, 3.8) is 0 Å². The van der Waals surface area contributed by atoms with Gasteiger partial charge in [0.25, 0.3) is 40.5 Å². The number of nitrogens with one attached hydrogen (secondary N) is 2. The van der Waals surface area contributed by atoms with E-state index in [1.807, 2.05) is 0 Å². The van der Waals surface area contributed by atoms with Gasteiger partial charge in [0.1, 0.15) is 14.7 Å². The summed E-state index contributed by atoms with van der Waals surface area (Å²) in [5.41, 5.74) is -0.468. The van der Waals surface area contributed by atoms with E-state index in [1.54, 1.807) is 0 Å². The standard InChI is InChI=1S/C41H30ClN9O18S6/c42-39-45-40(43-22-4-1-5-24(18-22)70(52,53)17-16-69-75(66,67)68)47-41(46-39)44-34-15-14-32(28-7-3-9-36(38(28)34)73(60,61)62)50-51-33-13-12-31(26-11-10-25(21-29(26)33)71(54,55)56)49-48-23-19-30-27(37(20-23)74(63,64)65)6-2-8-35(30)72(57,58)59/h1-15,18-21H,16-17H2,(H,54,55,56)(H,57,58,59)(H,60,61,62)(H,63,64,65)(H,66,67,68)(H2,43,44,45,46,47)/b49-48+,51-50+. The molecular weight excluding hydrogens is 1130 g/mol. The summed E-state index contributed by atoms with van der Waals surface area (Å²) in [7, 11) is -28.9. The van der Waals surface area contributed by atoms with Gasteiger partial charge in [-0.1, -0.05) is 36.4 Å². The lowest BCUT2D eigenvalue weighted by atomic mass is 10.1. The molecule has 0 aliphatic carbocycles. The summed E-state index contributed by atoms with van der Waals surface area (Å²) < 4.78 is 200. The number of halogens is 1. The third kappa shape index (κ3) is 12.5. The molecule has 8 aromatic rings. The molecule has 0 spiro atoms. The van der Waals surface area contributed by atoms with Crippen LogP contribution in [0.1, 0.15) is 0 Å². The van der Waals surface area contributed by atoms with E-state index in [9.17, 15) is 68.7 Å². The Morgan fingerprint density at radius 2 is 1.05 bits per heavy atom. The second kappa shape index (κ2) is 20.2. The van der Waals surface area contributed by atoms with Gasteiger partial charge < -0.3 is 10.6 Å². The molecule has 75 heavy (non-hydrogen) atoms. The Hall–Kier alpha value is -7.12. The van der Waals surface area contributed by atoms with Crippen LogP contribution < -0.4 is 10.6 Å². The summed E-state index contributed by atoms with van der Waals surface area (Å²) in [6.45, 7) is -0.880. The number of sulfone groups is 1. The summed E-state index contributed by atoms with van der Waals surface area (Å²) in [5, 5.41) is 21.2. The Bertz CT molecular complexity index is 4480. The smallest absolute Gasteiger partial charge is 0.324 e. The highest BCUT2D eigenvalue weighted by Gasteiger charge is 2.24. The second-order valence-corrected chi connectivity index (χ2v) is 24.4. The Morgan fingerprint density at radius 1 is 0.480 bits per heavy atom. The van der Waals surface area contributed by atoms with Crippen molar-refractivity contribution in [2.24, 2.45) is 20.5 Å². The molecule has 0 aliphatic rings. The second-order valence-electron chi connectivity index (χ2n) is 15.3. The molecule has 0 atom stereocenters. The number of nitrogens with zero attached hydrogens (tertiary/aromatic N) is 7. The molecule has 7 aromatic carbocycles. The van der Waals surface area contributed by atoms with Gasteiger partial charge in [-0.25, -0.2) is 12.6 Å². The van der Waals surface area contributed by atoms with E-state index in [2.05, 4.69) is 50.2 Å². The molecule has 27 nitrogen and oxygen atoms in total. The van der Waals surface area contributed by atoms with Crippen LogP contribution in [0.4, 0.5) is 46.0 Å². The first-order chi connectivity index (χ1) is 34.9. The van der Waals surface area contributed by atoms with Crippen molar-refractivity contribution in [3.05, 3.63) is 121 Å². The highest BCUT2D eigenvalue weighted by Crippen LogP contribution is 2.41. The number of fused-ring (bicyclic) bond motifs is 3. The lowest BCUT2D eigenvalue weighted by Crippen LogP contribution is -2.15. The van der Waals surface area contributed by atoms with E-state index in [0.29, 0.717) is 0 Å². The van der Waals surface area contributed by atoms with Crippen molar-refractivity contribution >= 4 is 151 Å². The van der Waals surface area contributed by atoms with E-state index in [-0.39, 0.29) is 83.2 Å². The molecule has 7 N–H and O–H groups in total. The molecular formula is C41H30ClN9O18S6. The molecule has 1 heterocycles. The van der Waals surface area contributed by atoms with Gasteiger partial charge >= 0.3 is 10.4 Å². The van der Waals surface area contributed by atoms with Gasteiger partial charge in [-0.15, -0.1) is 15.3 Å². The van der Waals surface area contributed by atoms with Crippen LogP contribution in [0.3, 0.4) is 0 Å². The minimum absolute atomic E-state index is 0.0301.